The van der Waals surface area contributed by atoms with Crippen LogP contribution in [0.15, 0.2) is 164 Å². The zero-order valence-electron chi connectivity index (χ0n) is 26.7. The van der Waals surface area contributed by atoms with Gasteiger partial charge in [-0.3, -0.25) is 9.97 Å². The minimum absolute atomic E-state index is 0.537. The molecular weight excluding hydrogens is 615 g/mol. The molecule has 50 heavy (non-hydrogen) atoms. The Balaban J connectivity index is 1.35. The summed E-state index contributed by atoms with van der Waals surface area (Å²) in [6.07, 6.45) is 7.03. The summed E-state index contributed by atoms with van der Waals surface area (Å²) in [4.78, 5) is 34.1. The summed E-state index contributed by atoms with van der Waals surface area (Å²) in [6, 6.07) is 47.0. The fraction of sp³-hybridized carbons (Fsp3) is 0. The largest absolute Gasteiger partial charge is 0.264 e. The van der Waals surface area contributed by atoms with Gasteiger partial charge in [-0.15, -0.1) is 0 Å². The first-order valence-corrected chi connectivity index (χ1v) is 16.3. The Bertz CT molecular complexity index is 2270. The van der Waals surface area contributed by atoms with Gasteiger partial charge in [-0.05, 0) is 51.9 Å². The minimum atomic E-state index is 0.537. The molecule has 0 aliphatic rings. The fourth-order valence-electron chi connectivity index (χ4n) is 6.43. The molecule has 234 valence electrons. The molecule has 7 nitrogen and oxygen atoms in total. The van der Waals surface area contributed by atoms with Crippen LogP contribution in [0.2, 0.25) is 0 Å². The van der Waals surface area contributed by atoms with Gasteiger partial charge in [0.05, 0.1) is 11.4 Å². The topological polar surface area (TPSA) is 90.2 Å². The molecule has 0 amide bonds. The maximum Gasteiger partial charge on any atom is 0.165 e. The van der Waals surface area contributed by atoms with E-state index in [4.69, 9.17) is 24.9 Å². The summed E-state index contributed by atoms with van der Waals surface area (Å²) in [5.74, 6) is 2.30. The maximum absolute atomic E-state index is 5.24. The summed E-state index contributed by atoms with van der Waals surface area (Å²) >= 11 is 0. The van der Waals surface area contributed by atoms with Crippen molar-refractivity contribution in [2.75, 3.05) is 0 Å². The summed E-state index contributed by atoms with van der Waals surface area (Å²) in [5.41, 5.74) is 7.20. The molecule has 0 N–H and O–H groups in total. The average molecular weight is 642 g/mol. The van der Waals surface area contributed by atoms with Crippen molar-refractivity contribution in [2.45, 2.75) is 0 Å². The number of fused-ring (bicyclic) bond motifs is 2. The highest BCUT2D eigenvalue weighted by atomic mass is 15.0. The first-order valence-electron chi connectivity index (χ1n) is 16.3. The van der Waals surface area contributed by atoms with Crippen molar-refractivity contribution in [2.24, 2.45) is 0 Å². The average Bonchev–Trinajstić information content (AvgIpc) is 3.21. The normalized spacial score (nSPS) is 11.2. The van der Waals surface area contributed by atoms with Crippen molar-refractivity contribution in [3.8, 4) is 68.1 Å². The van der Waals surface area contributed by atoms with Crippen molar-refractivity contribution in [3.05, 3.63) is 164 Å². The van der Waals surface area contributed by atoms with Crippen molar-refractivity contribution < 1.29 is 0 Å². The minimum Gasteiger partial charge on any atom is -0.264 e. The first-order chi connectivity index (χ1) is 24.8. The molecule has 0 saturated heterocycles. The number of benzene rings is 5. The SMILES string of the molecule is c1ccc(-c2cc(-c3c4ccccc4c(-c4nc(-c5cccnc5)nc(-c5cccnc5)n4)c4ccccc34)nc(-c3ccccc3)n2)cc1. The van der Waals surface area contributed by atoms with Crippen LogP contribution in [0, 0.1) is 0 Å². The zero-order chi connectivity index (χ0) is 33.3. The Kier molecular flexibility index (Phi) is 7.33. The number of rotatable bonds is 6. The van der Waals surface area contributed by atoms with Crippen LogP contribution >= 0.6 is 0 Å². The van der Waals surface area contributed by atoms with Gasteiger partial charge in [0.1, 0.15) is 0 Å². The predicted molar refractivity (Wildman–Crippen MR) is 199 cm³/mol. The van der Waals surface area contributed by atoms with Gasteiger partial charge >= 0.3 is 0 Å². The molecule has 0 bridgehead atoms. The third kappa shape index (κ3) is 5.33. The van der Waals surface area contributed by atoms with Crippen molar-refractivity contribution >= 4 is 21.5 Å². The molecule has 0 spiro atoms. The van der Waals surface area contributed by atoms with Crippen LogP contribution in [0.25, 0.3) is 89.6 Å². The van der Waals surface area contributed by atoms with Crippen LogP contribution in [0.4, 0.5) is 0 Å². The van der Waals surface area contributed by atoms with Gasteiger partial charge in [0, 0.05) is 58.2 Å². The Hall–Kier alpha value is -6.99. The number of hydrogen-bond acceptors (Lipinski definition) is 7. The molecule has 4 aromatic heterocycles. The van der Waals surface area contributed by atoms with Gasteiger partial charge in [-0.25, -0.2) is 24.9 Å². The van der Waals surface area contributed by atoms with E-state index in [9.17, 15) is 0 Å². The van der Waals surface area contributed by atoms with E-state index in [0.29, 0.717) is 23.3 Å². The Labute approximate surface area is 288 Å². The standard InChI is InChI=1S/C43H27N7/c1-3-13-28(14-4-1)36-25-37(47-40(46-36)29-15-5-2-6-16-29)38-32-19-7-9-21-34(32)39(35-22-10-8-20-33(35)38)43-49-41(30-17-11-23-44-26-30)48-42(50-43)31-18-12-24-45-27-31/h1-27H. The highest BCUT2D eigenvalue weighted by Crippen LogP contribution is 2.43. The van der Waals surface area contributed by atoms with E-state index >= 15 is 0 Å². The lowest BCUT2D eigenvalue weighted by molar-refractivity contribution is 1.07. The van der Waals surface area contributed by atoms with Crippen LogP contribution < -0.4 is 0 Å². The lowest BCUT2D eigenvalue weighted by Gasteiger charge is -2.18. The number of pyridine rings is 2. The maximum atomic E-state index is 5.24. The molecule has 0 aliphatic heterocycles. The van der Waals surface area contributed by atoms with E-state index in [-0.39, 0.29) is 0 Å². The zero-order valence-corrected chi connectivity index (χ0v) is 26.7. The molecule has 9 rings (SSSR count). The van der Waals surface area contributed by atoms with Crippen LogP contribution in [-0.2, 0) is 0 Å². The van der Waals surface area contributed by atoms with Crippen molar-refractivity contribution in [3.63, 3.8) is 0 Å². The highest BCUT2D eigenvalue weighted by molar-refractivity contribution is 6.20. The molecule has 0 atom stereocenters. The van der Waals surface area contributed by atoms with E-state index in [1.54, 1.807) is 24.8 Å². The molecular formula is C43H27N7. The fourth-order valence-corrected chi connectivity index (χ4v) is 6.43. The number of nitrogens with zero attached hydrogens (tertiary/aromatic N) is 7. The Morgan fingerprint density at radius 1 is 0.300 bits per heavy atom. The molecule has 0 unspecified atom stereocenters. The third-order valence-electron chi connectivity index (χ3n) is 8.71. The second kappa shape index (κ2) is 12.6. The second-order valence-electron chi connectivity index (χ2n) is 11.8. The van der Waals surface area contributed by atoms with Gasteiger partial charge in [-0.2, -0.15) is 0 Å². The smallest absolute Gasteiger partial charge is 0.165 e. The van der Waals surface area contributed by atoms with Crippen molar-refractivity contribution in [1.82, 2.24) is 34.9 Å². The van der Waals surface area contributed by atoms with Gasteiger partial charge in [0.15, 0.2) is 23.3 Å². The van der Waals surface area contributed by atoms with E-state index in [1.165, 1.54) is 0 Å². The van der Waals surface area contributed by atoms with Gasteiger partial charge < -0.3 is 0 Å². The Morgan fingerprint density at radius 3 is 1.24 bits per heavy atom. The summed E-state index contributed by atoms with van der Waals surface area (Å²) in [7, 11) is 0. The van der Waals surface area contributed by atoms with Crippen LogP contribution in [0.1, 0.15) is 0 Å². The number of aromatic nitrogens is 7. The first kappa shape index (κ1) is 29.2. The predicted octanol–water partition coefficient (Wildman–Crippen LogP) is 9.76. The van der Waals surface area contributed by atoms with Crippen LogP contribution in [0.3, 0.4) is 0 Å². The van der Waals surface area contributed by atoms with Crippen LogP contribution in [0.5, 0.6) is 0 Å². The van der Waals surface area contributed by atoms with E-state index in [1.807, 2.05) is 72.8 Å². The molecule has 0 aliphatic carbocycles. The second-order valence-corrected chi connectivity index (χ2v) is 11.8. The van der Waals surface area contributed by atoms with E-state index < -0.39 is 0 Å². The summed E-state index contributed by atoms with van der Waals surface area (Å²) in [6.45, 7) is 0. The van der Waals surface area contributed by atoms with Gasteiger partial charge in [0.2, 0.25) is 0 Å². The quantitative estimate of drug-likeness (QED) is 0.167. The lowest BCUT2D eigenvalue weighted by Crippen LogP contribution is -2.02. The molecule has 0 fully saturated rings. The third-order valence-corrected chi connectivity index (χ3v) is 8.71. The Morgan fingerprint density at radius 2 is 0.720 bits per heavy atom. The molecule has 0 radical (unpaired) electrons. The van der Waals surface area contributed by atoms with Crippen LogP contribution in [-0.4, -0.2) is 34.9 Å². The van der Waals surface area contributed by atoms with Gasteiger partial charge in [0.25, 0.3) is 0 Å². The van der Waals surface area contributed by atoms with E-state index in [0.717, 1.165) is 66.3 Å². The highest BCUT2D eigenvalue weighted by Gasteiger charge is 2.22. The van der Waals surface area contributed by atoms with Gasteiger partial charge in [-0.1, -0.05) is 109 Å². The molecule has 0 saturated carbocycles. The summed E-state index contributed by atoms with van der Waals surface area (Å²) in [5, 5.41) is 4.07. The molecule has 4 heterocycles. The monoisotopic (exact) mass is 641 g/mol. The molecule has 7 heteroatoms. The summed E-state index contributed by atoms with van der Waals surface area (Å²) < 4.78 is 0. The van der Waals surface area contributed by atoms with E-state index in [2.05, 4.69) is 76.7 Å². The van der Waals surface area contributed by atoms with Crippen molar-refractivity contribution in [1.29, 1.82) is 0 Å². The molecule has 5 aromatic carbocycles. The number of hydrogen-bond donors (Lipinski definition) is 0. The lowest BCUT2D eigenvalue weighted by atomic mass is 9.89. The molecule has 9 aromatic rings.